The number of carbonyl (C=O) groups is 1. The van der Waals surface area contributed by atoms with Gasteiger partial charge in [-0.1, -0.05) is 12.8 Å². The molecule has 0 spiro atoms. The van der Waals surface area contributed by atoms with E-state index in [1.54, 1.807) is 0 Å². The van der Waals surface area contributed by atoms with Gasteiger partial charge < -0.3 is 5.32 Å². The molecule has 0 bridgehead atoms. The number of rotatable bonds is 4. The smallest absolute Gasteiger partial charge is 0.221 e. The van der Waals surface area contributed by atoms with Gasteiger partial charge in [0.25, 0.3) is 0 Å². The largest absolute Gasteiger partial charge is 0.340 e. The minimum absolute atomic E-state index is 0.0837. The highest BCUT2D eigenvalue weighted by molar-refractivity contribution is 5.77. The van der Waals surface area contributed by atoms with Crippen molar-refractivity contribution in [3.05, 3.63) is 0 Å². The van der Waals surface area contributed by atoms with Crippen LogP contribution in [0.4, 0.5) is 0 Å². The number of hydrogen-bond acceptors (Lipinski definition) is 2. The molecule has 82 valence electrons. The third kappa shape index (κ3) is 2.95. The van der Waals surface area contributed by atoms with Crippen LogP contribution >= 0.6 is 0 Å². The van der Waals surface area contributed by atoms with Crippen LogP contribution in [-0.2, 0) is 4.79 Å². The van der Waals surface area contributed by atoms with E-state index in [1.165, 1.54) is 25.7 Å². The molecular weight excluding hydrogens is 188 g/mol. The summed E-state index contributed by atoms with van der Waals surface area (Å²) in [6.45, 7) is 0. The van der Waals surface area contributed by atoms with E-state index in [-0.39, 0.29) is 11.9 Å². The average molecular weight is 206 g/mol. The van der Waals surface area contributed by atoms with Gasteiger partial charge in [-0.05, 0) is 37.5 Å². The first-order valence-corrected chi connectivity index (χ1v) is 5.98. The predicted molar refractivity (Wildman–Crippen MR) is 56.8 cm³/mol. The number of nitrogens with zero attached hydrogens (tertiary/aromatic N) is 1. The zero-order valence-corrected chi connectivity index (χ0v) is 9.04. The maximum Gasteiger partial charge on any atom is 0.221 e. The summed E-state index contributed by atoms with van der Waals surface area (Å²) in [6, 6.07) is 1.96. The van der Waals surface area contributed by atoms with Crippen LogP contribution in [0.3, 0.4) is 0 Å². The third-order valence-corrected chi connectivity index (χ3v) is 3.50. The van der Waals surface area contributed by atoms with Crippen LogP contribution in [-0.4, -0.2) is 11.9 Å². The Bertz CT molecular complexity index is 272. The molecule has 2 aliphatic carbocycles. The zero-order chi connectivity index (χ0) is 10.7. The molecule has 0 aromatic rings. The van der Waals surface area contributed by atoms with Crippen molar-refractivity contribution in [2.24, 2.45) is 11.8 Å². The van der Waals surface area contributed by atoms with Gasteiger partial charge in [0.2, 0.25) is 5.91 Å². The van der Waals surface area contributed by atoms with Crippen molar-refractivity contribution in [3.8, 4) is 6.07 Å². The number of hydrogen-bond donors (Lipinski definition) is 1. The van der Waals surface area contributed by atoms with Crippen LogP contribution in [0, 0.1) is 23.2 Å². The molecular formula is C12H18N2O. The quantitative estimate of drug-likeness (QED) is 0.764. The minimum Gasteiger partial charge on any atom is -0.340 e. The lowest BCUT2D eigenvalue weighted by Gasteiger charge is -2.12. The maximum atomic E-state index is 11.6. The molecule has 0 saturated heterocycles. The number of carbonyl (C=O) groups excluding carboxylic acids is 1. The number of amides is 1. The lowest BCUT2D eigenvalue weighted by atomic mass is 10.0. The van der Waals surface area contributed by atoms with Gasteiger partial charge in [-0.3, -0.25) is 4.79 Å². The molecule has 15 heavy (non-hydrogen) atoms. The summed E-state index contributed by atoms with van der Waals surface area (Å²) in [5.74, 6) is 1.09. The molecule has 2 aliphatic rings. The molecule has 3 heteroatoms. The van der Waals surface area contributed by atoms with Gasteiger partial charge in [0.05, 0.1) is 6.07 Å². The van der Waals surface area contributed by atoms with E-state index in [2.05, 4.69) is 11.4 Å². The fourth-order valence-corrected chi connectivity index (χ4v) is 2.39. The zero-order valence-electron chi connectivity index (χ0n) is 9.04. The van der Waals surface area contributed by atoms with E-state index in [1.807, 2.05) is 0 Å². The highest BCUT2D eigenvalue weighted by atomic mass is 16.1. The molecule has 1 amide bonds. The van der Waals surface area contributed by atoms with E-state index < -0.39 is 0 Å². The molecule has 1 atom stereocenters. The van der Waals surface area contributed by atoms with Gasteiger partial charge in [0, 0.05) is 6.42 Å². The predicted octanol–water partition coefficient (Wildman–Crippen LogP) is 1.99. The van der Waals surface area contributed by atoms with Crippen molar-refractivity contribution >= 4 is 5.91 Å². The van der Waals surface area contributed by atoms with Gasteiger partial charge >= 0.3 is 0 Å². The first-order valence-electron chi connectivity index (χ1n) is 5.98. The average Bonchev–Trinajstić information content (AvgIpc) is 2.95. The Morgan fingerprint density at radius 1 is 1.33 bits per heavy atom. The van der Waals surface area contributed by atoms with E-state index in [0.29, 0.717) is 18.3 Å². The van der Waals surface area contributed by atoms with Crippen LogP contribution in [0.5, 0.6) is 0 Å². The molecule has 0 aromatic heterocycles. The lowest BCUT2D eigenvalue weighted by molar-refractivity contribution is -0.122. The SMILES string of the molecule is N#CC(NC(=O)CC1CCCC1)C1CC1. The van der Waals surface area contributed by atoms with Crippen molar-refractivity contribution in [2.45, 2.75) is 51.0 Å². The van der Waals surface area contributed by atoms with E-state index in [0.717, 1.165) is 12.8 Å². The topological polar surface area (TPSA) is 52.9 Å². The van der Waals surface area contributed by atoms with Crippen LogP contribution in [0.1, 0.15) is 44.9 Å². The standard InChI is InChI=1S/C12H18N2O/c13-8-11(10-5-6-10)14-12(15)7-9-3-1-2-4-9/h9-11H,1-7H2,(H,14,15). The van der Waals surface area contributed by atoms with Gasteiger partial charge in [0.15, 0.2) is 0 Å². The van der Waals surface area contributed by atoms with E-state index in [4.69, 9.17) is 5.26 Å². The summed E-state index contributed by atoms with van der Waals surface area (Å²) in [5.41, 5.74) is 0. The third-order valence-electron chi connectivity index (χ3n) is 3.50. The molecule has 2 fully saturated rings. The van der Waals surface area contributed by atoms with E-state index >= 15 is 0 Å². The Balaban J connectivity index is 1.73. The molecule has 1 unspecified atom stereocenters. The first-order chi connectivity index (χ1) is 7.29. The van der Waals surface area contributed by atoms with Crippen LogP contribution in [0.2, 0.25) is 0 Å². The van der Waals surface area contributed by atoms with Gasteiger partial charge in [-0.2, -0.15) is 5.26 Å². The van der Waals surface area contributed by atoms with Crippen LogP contribution in [0.25, 0.3) is 0 Å². The van der Waals surface area contributed by atoms with Crippen LogP contribution in [0.15, 0.2) is 0 Å². The van der Waals surface area contributed by atoms with Crippen LogP contribution < -0.4 is 5.32 Å². The monoisotopic (exact) mass is 206 g/mol. The number of nitrogens with one attached hydrogen (secondary N) is 1. The van der Waals surface area contributed by atoms with Crippen molar-refractivity contribution in [1.82, 2.24) is 5.32 Å². The molecule has 1 N–H and O–H groups in total. The highest BCUT2D eigenvalue weighted by Crippen LogP contribution is 2.32. The van der Waals surface area contributed by atoms with Crippen molar-refractivity contribution in [3.63, 3.8) is 0 Å². The Labute approximate surface area is 90.8 Å². The second kappa shape index (κ2) is 4.65. The summed E-state index contributed by atoms with van der Waals surface area (Å²) < 4.78 is 0. The van der Waals surface area contributed by atoms with Gasteiger partial charge in [-0.15, -0.1) is 0 Å². The van der Waals surface area contributed by atoms with Crippen molar-refractivity contribution < 1.29 is 4.79 Å². The Kier molecular flexibility index (Phi) is 3.25. The minimum atomic E-state index is -0.223. The molecule has 0 radical (unpaired) electrons. The van der Waals surface area contributed by atoms with Gasteiger partial charge in [-0.25, -0.2) is 0 Å². The maximum absolute atomic E-state index is 11.6. The summed E-state index contributed by atoms with van der Waals surface area (Å²) in [4.78, 5) is 11.6. The molecule has 3 nitrogen and oxygen atoms in total. The van der Waals surface area contributed by atoms with Gasteiger partial charge in [0.1, 0.15) is 6.04 Å². The summed E-state index contributed by atoms with van der Waals surface area (Å²) in [5, 5.41) is 11.7. The Morgan fingerprint density at radius 3 is 2.53 bits per heavy atom. The Hall–Kier alpha value is -1.04. The van der Waals surface area contributed by atoms with Crippen molar-refractivity contribution in [1.29, 1.82) is 5.26 Å². The molecule has 0 aromatic carbocycles. The highest BCUT2D eigenvalue weighted by Gasteiger charge is 2.32. The van der Waals surface area contributed by atoms with E-state index in [9.17, 15) is 4.79 Å². The fourth-order valence-electron chi connectivity index (χ4n) is 2.39. The second-order valence-corrected chi connectivity index (χ2v) is 4.87. The normalized spacial score (nSPS) is 23.4. The molecule has 0 heterocycles. The first kappa shape index (κ1) is 10.5. The number of nitriles is 1. The van der Waals surface area contributed by atoms with Crippen molar-refractivity contribution in [2.75, 3.05) is 0 Å². The molecule has 2 rings (SSSR count). The molecule has 2 saturated carbocycles. The second-order valence-electron chi connectivity index (χ2n) is 4.87. The summed E-state index contributed by atoms with van der Waals surface area (Å²) in [7, 11) is 0. The summed E-state index contributed by atoms with van der Waals surface area (Å²) in [6.07, 6.45) is 7.74. The lowest BCUT2D eigenvalue weighted by Crippen LogP contribution is -2.36. The fraction of sp³-hybridized carbons (Fsp3) is 0.833. The molecule has 0 aliphatic heterocycles. The summed E-state index contributed by atoms with van der Waals surface area (Å²) >= 11 is 0. The Morgan fingerprint density at radius 2 is 2.00 bits per heavy atom.